The monoisotopic (exact) mass is 800 g/mol. The van der Waals surface area contributed by atoms with Crippen LogP contribution in [-0.2, 0) is 37.9 Å². The number of rotatable bonds is 12. The molecule has 6 N–H and O–H groups in total. The number of aliphatic hydroxyl groups excluding tert-OH is 5. The van der Waals surface area contributed by atoms with E-state index in [-0.39, 0.29) is 77.7 Å². The topological polar surface area (TPSA) is 195 Å². The Morgan fingerprint density at radius 3 is 2.20 bits per heavy atom. The smallest absolute Gasteiger partial charge is 0.187 e. The molecule has 0 bridgehead atoms. The van der Waals surface area contributed by atoms with Gasteiger partial charge in [-0.1, -0.05) is 34.6 Å². The van der Waals surface area contributed by atoms with E-state index in [0.717, 1.165) is 32.1 Å². The Labute approximate surface area is 332 Å². The van der Waals surface area contributed by atoms with Gasteiger partial charge in [0.2, 0.25) is 0 Å². The minimum atomic E-state index is -1.22. The summed E-state index contributed by atoms with van der Waals surface area (Å²) in [5.41, 5.74) is -1.89. The quantitative estimate of drug-likeness (QED) is 0.169. The molecule has 7 rings (SSSR count). The third-order valence-electron chi connectivity index (χ3n) is 16.0. The summed E-state index contributed by atoms with van der Waals surface area (Å²) in [6, 6.07) is 0. The van der Waals surface area contributed by atoms with Gasteiger partial charge in [-0.2, -0.15) is 0 Å². The first kappa shape index (κ1) is 43.5. The molecule has 0 amide bonds. The first-order chi connectivity index (χ1) is 26.3. The van der Waals surface area contributed by atoms with Gasteiger partial charge in [0.15, 0.2) is 18.4 Å². The molecule has 56 heavy (non-hydrogen) atoms. The lowest BCUT2D eigenvalue weighted by atomic mass is 9.41. The standard InChI is InChI=1S/C42H72O14/c1-20(2)25(52-38-35(31(46)27(18-43)53-38)54-37-34(50-9)32(47)28(49-8)19-51-37)11-10-21(3)22-16-23(44)36-40(22,6)15-13-29-41(7)14-12-26-33(56-39(4,5)55-26)30(41)24(45)17-42(29,36)48/h20-38,43-48H,10-19H2,1-9H3/t21-,22-,23-,24+,25+,26+,27+,28-,29-,30+,31+,32+,33+,34-,35-,36-,37+,38-,40-,41-,42+/m1/s1. The molecule has 7 aliphatic rings. The highest BCUT2D eigenvalue weighted by molar-refractivity contribution is 5.21. The third kappa shape index (κ3) is 7.24. The highest BCUT2D eigenvalue weighted by atomic mass is 16.8. The van der Waals surface area contributed by atoms with Crippen LogP contribution in [0.3, 0.4) is 0 Å². The lowest BCUT2D eigenvalue weighted by Gasteiger charge is -2.66. The molecule has 14 nitrogen and oxygen atoms in total. The summed E-state index contributed by atoms with van der Waals surface area (Å²) >= 11 is 0. The number of methoxy groups -OCH3 is 2. The molecule has 0 unspecified atom stereocenters. The highest BCUT2D eigenvalue weighted by Crippen LogP contribution is 2.70. The lowest BCUT2D eigenvalue weighted by Crippen LogP contribution is -2.70. The molecule has 0 radical (unpaired) electrons. The molecule has 4 aliphatic carbocycles. The number of fused-ring (bicyclic) bond motifs is 7. The maximum absolute atomic E-state index is 12.9. The fraction of sp³-hybridized carbons (Fsp3) is 1.00. The van der Waals surface area contributed by atoms with Crippen molar-refractivity contribution in [2.45, 2.75) is 191 Å². The van der Waals surface area contributed by atoms with Gasteiger partial charge in [0.05, 0.1) is 49.3 Å². The molecule has 21 atom stereocenters. The Hall–Kier alpha value is -0.560. The molecule has 3 heterocycles. The maximum atomic E-state index is 12.9. The van der Waals surface area contributed by atoms with Gasteiger partial charge in [0, 0.05) is 32.5 Å². The second-order valence-corrected chi connectivity index (χ2v) is 19.9. The van der Waals surface area contributed by atoms with Crippen LogP contribution < -0.4 is 0 Å². The molecule has 0 aromatic heterocycles. The number of hydrogen-bond donors (Lipinski definition) is 6. The molecule has 7 fully saturated rings. The van der Waals surface area contributed by atoms with E-state index in [1.165, 1.54) is 14.2 Å². The summed E-state index contributed by atoms with van der Waals surface area (Å²) in [7, 11) is 2.92. The summed E-state index contributed by atoms with van der Waals surface area (Å²) in [6.45, 7) is 14.4. The first-order valence-electron chi connectivity index (χ1n) is 21.4. The van der Waals surface area contributed by atoms with Crippen LogP contribution in [0.25, 0.3) is 0 Å². The van der Waals surface area contributed by atoms with Crippen LogP contribution in [0.1, 0.15) is 99.8 Å². The summed E-state index contributed by atoms with van der Waals surface area (Å²) in [4.78, 5) is 0. The van der Waals surface area contributed by atoms with Crippen molar-refractivity contribution < 1.29 is 68.5 Å². The van der Waals surface area contributed by atoms with Gasteiger partial charge >= 0.3 is 0 Å². The molecular weight excluding hydrogens is 728 g/mol. The van der Waals surface area contributed by atoms with Gasteiger partial charge in [0.1, 0.15) is 36.6 Å². The van der Waals surface area contributed by atoms with Crippen molar-refractivity contribution in [2.24, 2.45) is 46.3 Å². The Morgan fingerprint density at radius 2 is 1.54 bits per heavy atom. The van der Waals surface area contributed by atoms with Gasteiger partial charge < -0.3 is 68.5 Å². The molecule has 14 heteroatoms. The van der Waals surface area contributed by atoms with Crippen molar-refractivity contribution in [1.82, 2.24) is 0 Å². The minimum absolute atomic E-state index is 0.0607. The third-order valence-corrected chi connectivity index (χ3v) is 16.0. The predicted octanol–water partition coefficient (Wildman–Crippen LogP) is 2.50. The lowest BCUT2D eigenvalue weighted by molar-refractivity contribution is -0.313. The van der Waals surface area contributed by atoms with Crippen LogP contribution in [0.4, 0.5) is 0 Å². The summed E-state index contributed by atoms with van der Waals surface area (Å²) < 4.78 is 48.2. The van der Waals surface area contributed by atoms with E-state index in [4.69, 9.17) is 37.9 Å². The molecule has 0 spiro atoms. The minimum Gasteiger partial charge on any atom is -0.394 e. The van der Waals surface area contributed by atoms with E-state index >= 15 is 0 Å². The van der Waals surface area contributed by atoms with Crippen LogP contribution >= 0.6 is 0 Å². The fourth-order valence-corrected chi connectivity index (χ4v) is 13.4. The molecule has 324 valence electrons. The number of ether oxygens (including phenoxy) is 8. The van der Waals surface area contributed by atoms with Crippen LogP contribution in [0.15, 0.2) is 0 Å². The molecule has 3 aliphatic heterocycles. The van der Waals surface area contributed by atoms with E-state index in [9.17, 15) is 30.6 Å². The Bertz CT molecular complexity index is 1350. The second kappa shape index (κ2) is 16.0. The van der Waals surface area contributed by atoms with Crippen molar-refractivity contribution in [3.63, 3.8) is 0 Å². The van der Waals surface area contributed by atoms with E-state index < -0.39 is 79.4 Å². The zero-order chi connectivity index (χ0) is 40.7. The van der Waals surface area contributed by atoms with Gasteiger partial charge in [0.25, 0.3) is 0 Å². The van der Waals surface area contributed by atoms with E-state index in [0.29, 0.717) is 12.8 Å². The second-order valence-electron chi connectivity index (χ2n) is 19.9. The largest absolute Gasteiger partial charge is 0.394 e. The van der Waals surface area contributed by atoms with Crippen LogP contribution in [-0.4, -0.2) is 149 Å². The van der Waals surface area contributed by atoms with E-state index in [1.807, 2.05) is 13.8 Å². The van der Waals surface area contributed by atoms with Crippen LogP contribution in [0, 0.1) is 46.3 Å². The zero-order valence-corrected chi connectivity index (χ0v) is 35.0. The fourth-order valence-electron chi connectivity index (χ4n) is 13.4. The molecule has 0 aromatic carbocycles. The highest BCUT2D eigenvalue weighted by Gasteiger charge is 2.73. The Kier molecular flexibility index (Phi) is 12.5. The van der Waals surface area contributed by atoms with Crippen molar-refractivity contribution in [3.8, 4) is 0 Å². The van der Waals surface area contributed by atoms with Crippen molar-refractivity contribution in [1.29, 1.82) is 0 Å². The van der Waals surface area contributed by atoms with Gasteiger partial charge in [-0.3, -0.25) is 0 Å². The first-order valence-corrected chi connectivity index (χ1v) is 21.4. The molecule has 3 saturated heterocycles. The van der Waals surface area contributed by atoms with E-state index in [2.05, 4.69) is 34.6 Å². The van der Waals surface area contributed by atoms with Gasteiger partial charge in [-0.25, -0.2) is 0 Å². The average Bonchev–Trinajstić information content (AvgIpc) is 3.71. The SMILES string of the molecule is CO[C@H]1[C@H](O[C@H]2[C@H](O[C@@H](CC[C@@H](C)[C@H]3C[C@@H](O)[C@@H]4[C@]3(C)CC[C@@H]3[C@@]5(C)CC[C@@H]6OC(C)(C)O[C@@H]6[C@@H]5[C@@H](O)C[C@]34O)C(C)C)O[C@@H](CO)[C@@H]2O)OC[C@@H](OC)[C@@H]1O. The van der Waals surface area contributed by atoms with Gasteiger partial charge in [-0.05, 0) is 93.3 Å². The zero-order valence-electron chi connectivity index (χ0n) is 35.0. The Morgan fingerprint density at radius 1 is 0.821 bits per heavy atom. The average molecular weight is 801 g/mol. The summed E-state index contributed by atoms with van der Waals surface area (Å²) in [5, 5.41) is 68.8. The normalized spacial score (nSPS) is 52.3. The molecule has 4 saturated carbocycles. The predicted molar refractivity (Wildman–Crippen MR) is 201 cm³/mol. The van der Waals surface area contributed by atoms with Gasteiger partial charge in [-0.15, -0.1) is 0 Å². The number of aliphatic hydroxyl groups is 6. The molecular formula is C42H72O14. The van der Waals surface area contributed by atoms with Crippen LogP contribution in [0.2, 0.25) is 0 Å². The van der Waals surface area contributed by atoms with Crippen molar-refractivity contribution in [3.05, 3.63) is 0 Å². The van der Waals surface area contributed by atoms with Crippen molar-refractivity contribution >= 4 is 0 Å². The summed E-state index contributed by atoms with van der Waals surface area (Å²) in [5.74, 6) is -0.889. The molecule has 0 aromatic rings. The van der Waals surface area contributed by atoms with Crippen LogP contribution in [0.5, 0.6) is 0 Å². The number of hydrogen-bond acceptors (Lipinski definition) is 14. The Balaban J connectivity index is 1.03. The summed E-state index contributed by atoms with van der Waals surface area (Å²) in [6.07, 6.45) is -4.18. The van der Waals surface area contributed by atoms with Crippen molar-refractivity contribution in [2.75, 3.05) is 27.4 Å². The maximum Gasteiger partial charge on any atom is 0.187 e. The van der Waals surface area contributed by atoms with E-state index in [1.54, 1.807) is 0 Å².